The van der Waals surface area contributed by atoms with E-state index in [1.165, 1.54) is 16.8 Å². The molecule has 2 aliphatic rings. The van der Waals surface area contributed by atoms with Gasteiger partial charge in [-0.25, -0.2) is 0 Å². The third kappa shape index (κ3) is 1.69. The Balaban J connectivity index is 1.84. The summed E-state index contributed by atoms with van der Waals surface area (Å²) in [5, 5.41) is 9.37. The van der Waals surface area contributed by atoms with Gasteiger partial charge in [-0.15, -0.1) is 0 Å². The summed E-state index contributed by atoms with van der Waals surface area (Å²) >= 11 is 0. The molecule has 1 fully saturated rings. The zero-order valence-corrected chi connectivity index (χ0v) is 10.8. The fourth-order valence-corrected chi connectivity index (χ4v) is 3.19. The lowest BCUT2D eigenvalue weighted by Gasteiger charge is -2.37. The lowest BCUT2D eigenvalue weighted by atomic mass is 9.65. The first kappa shape index (κ1) is 11.6. The number of benzene rings is 1. The van der Waals surface area contributed by atoms with Crippen molar-refractivity contribution < 1.29 is 9.90 Å². The van der Waals surface area contributed by atoms with E-state index in [2.05, 4.69) is 30.1 Å². The minimum atomic E-state index is -0.619. The van der Waals surface area contributed by atoms with Crippen LogP contribution in [0.15, 0.2) is 18.2 Å². The highest BCUT2D eigenvalue weighted by Crippen LogP contribution is 2.44. The van der Waals surface area contributed by atoms with Crippen molar-refractivity contribution in [2.75, 3.05) is 18.5 Å². The molecule has 3 rings (SSSR count). The Morgan fingerprint density at radius 2 is 2.22 bits per heavy atom. The molecule has 0 saturated heterocycles. The number of carboxylic acids is 1. The van der Waals surface area contributed by atoms with Gasteiger partial charge in [0, 0.05) is 19.3 Å². The summed E-state index contributed by atoms with van der Waals surface area (Å²) in [5.74, 6) is -0.619. The van der Waals surface area contributed by atoms with E-state index in [1.807, 2.05) is 0 Å². The predicted octanol–water partition coefficient (Wildman–Crippen LogP) is 2.48. The van der Waals surface area contributed by atoms with Crippen molar-refractivity contribution in [1.82, 2.24) is 0 Å². The molecule has 1 heterocycles. The smallest absolute Gasteiger partial charge is 0.309 e. The normalized spacial score (nSPS) is 20.4. The Hall–Kier alpha value is -1.51. The zero-order valence-electron chi connectivity index (χ0n) is 10.8. The van der Waals surface area contributed by atoms with Gasteiger partial charge in [0.25, 0.3) is 0 Å². The molecule has 1 aromatic rings. The van der Waals surface area contributed by atoms with Gasteiger partial charge in [0.15, 0.2) is 0 Å². The fourth-order valence-electron chi connectivity index (χ4n) is 3.19. The molecule has 18 heavy (non-hydrogen) atoms. The first-order chi connectivity index (χ1) is 8.61. The van der Waals surface area contributed by atoms with E-state index in [4.69, 9.17) is 0 Å². The van der Waals surface area contributed by atoms with E-state index in [9.17, 15) is 9.90 Å². The number of carbonyl (C=O) groups is 1. The fraction of sp³-hybridized carbons (Fsp3) is 0.533. The average molecular weight is 245 g/mol. The standard InChI is InChI=1S/C15H19NO2/c1-16-8-5-12-9-11(3-4-13(12)16)10-15(14(17)18)6-2-7-15/h3-4,9H,2,5-8,10H2,1H3,(H,17,18). The molecule has 0 spiro atoms. The Bertz CT molecular complexity index is 491. The summed E-state index contributed by atoms with van der Waals surface area (Å²) in [6.07, 6.45) is 4.50. The Labute approximate surface area is 107 Å². The molecule has 0 amide bonds. The highest BCUT2D eigenvalue weighted by molar-refractivity contribution is 5.76. The number of hydrogen-bond donors (Lipinski definition) is 1. The summed E-state index contributed by atoms with van der Waals surface area (Å²) in [6.45, 7) is 1.07. The molecule has 1 aliphatic heterocycles. The van der Waals surface area contributed by atoms with E-state index >= 15 is 0 Å². The molecule has 1 saturated carbocycles. The van der Waals surface area contributed by atoms with Gasteiger partial charge in [-0.1, -0.05) is 18.6 Å². The van der Waals surface area contributed by atoms with Gasteiger partial charge in [-0.3, -0.25) is 4.79 Å². The van der Waals surface area contributed by atoms with E-state index in [0.717, 1.165) is 32.2 Å². The number of fused-ring (bicyclic) bond motifs is 1. The predicted molar refractivity (Wildman–Crippen MR) is 71.0 cm³/mol. The SMILES string of the molecule is CN1CCc2cc(CC3(C(=O)O)CCC3)ccc21. The van der Waals surface area contributed by atoms with Gasteiger partial charge in [0.2, 0.25) is 0 Å². The van der Waals surface area contributed by atoms with Gasteiger partial charge in [0.05, 0.1) is 5.41 Å². The molecule has 3 heteroatoms. The van der Waals surface area contributed by atoms with Crippen LogP contribution in [0.2, 0.25) is 0 Å². The van der Waals surface area contributed by atoms with Crippen LogP contribution in [0.25, 0.3) is 0 Å². The van der Waals surface area contributed by atoms with Crippen molar-refractivity contribution in [3.63, 3.8) is 0 Å². The van der Waals surface area contributed by atoms with Crippen LogP contribution in [0.3, 0.4) is 0 Å². The molecule has 1 aromatic carbocycles. The maximum Gasteiger partial charge on any atom is 0.309 e. The maximum absolute atomic E-state index is 11.4. The summed E-state index contributed by atoms with van der Waals surface area (Å²) in [6, 6.07) is 6.46. The number of nitrogens with zero attached hydrogens (tertiary/aromatic N) is 1. The third-order valence-corrected chi connectivity index (χ3v) is 4.58. The number of aliphatic carboxylic acids is 1. The summed E-state index contributed by atoms with van der Waals surface area (Å²) in [7, 11) is 2.11. The number of likely N-dealkylation sites (N-methyl/N-ethyl adjacent to an activating group) is 1. The first-order valence-electron chi connectivity index (χ1n) is 6.67. The van der Waals surface area contributed by atoms with Crippen molar-refractivity contribution in [3.05, 3.63) is 29.3 Å². The third-order valence-electron chi connectivity index (χ3n) is 4.58. The number of hydrogen-bond acceptors (Lipinski definition) is 2. The van der Waals surface area contributed by atoms with Gasteiger partial charge >= 0.3 is 5.97 Å². The monoisotopic (exact) mass is 245 g/mol. The van der Waals surface area contributed by atoms with Crippen LogP contribution in [-0.2, 0) is 17.6 Å². The molecule has 0 bridgehead atoms. The van der Waals surface area contributed by atoms with Crippen LogP contribution in [0.5, 0.6) is 0 Å². The van der Waals surface area contributed by atoms with Crippen molar-refractivity contribution >= 4 is 11.7 Å². The second kappa shape index (κ2) is 4.01. The van der Waals surface area contributed by atoms with Crippen LogP contribution >= 0.6 is 0 Å². The largest absolute Gasteiger partial charge is 0.481 e. The van der Waals surface area contributed by atoms with Crippen LogP contribution in [0, 0.1) is 5.41 Å². The second-order valence-electron chi connectivity index (χ2n) is 5.75. The molecule has 0 unspecified atom stereocenters. The topological polar surface area (TPSA) is 40.5 Å². The Kier molecular flexibility index (Phi) is 2.58. The van der Waals surface area contributed by atoms with Gasteiger partial charge in [0.1, 0.15) is 0 Å². The van der Waals surface area contributed by atoms with E-state index in [1.54, 1.807) is 0 Å². The van der Waals surface area contributed by atoms with Crippen LogP contribution in [0.4, 0.5) is 5.69 Å². The maximum atomic E-state index is 11.4. The van der Waals surface area contributed by atoms with Crippen molar-refractivity contribution in [3.8, 4) is 0 Å². The highest BCUT2D eigenvalue weighted by atomic mass is 16.4. The van der Waals surface area contributed by atoms with Crippen molar-refractivity contribution in [2.45, 2.75) is 32.1 Å². The molecular formula is C15H19NO2. The second-order valence-corrected chi connectivity index (χ2v) is 5.75. The Morgan fingerprint density at radius 3 is 2.83 bits per heavy atom. The first-order valence-corrected chi connectivity index (χ1v) is 6.67. The minimum absolute atomic E-state index is 0.473. The minimum Gasteiger partial charge on any atom is -0.481 e. The summed E-state index contributed by atoms with van der Waals surface area (Å²) in [5.41, 5.74) is 3.39. The molecule has 1 aliphatic carbocycles. The van der Waals surface area contributed by atoms with Gasteiger partial charge < -0.3 is 10.0 Å². The lowest BCUT2D eigenvalue weighted by molar-refractivity contribution is -0.154. The van der Waals surface area contributed by atoms with Crippen LogP contribution in [0.1, 0.15) is 30.4 Å². The van der Waals surface area contributed by atoms with E-state index < -0.39 is 11.4 Å². The van der Waals surface area contributed by atoms with Crippen molar-refractivity contribution in [2.24, 2.45) is 5.41 Å². The lowest BCUT2D eigenvalue weighted by Crippen LogP contribution is -2.39. The summed E-state index contributed by atoms with van der Waals surface area (Å²) in [4.78, 5) is 13.6. The molecule has 0 atom stereocenters. The van der Waals surface area contributed by atoms with Gasteiger partial charge in [-0.2, -0.15) is 0 Å². The average Bonchev–Trinajstić information content (AvgIpc) is 2.65. The quantitative estimate of drug-likeness (QED) is 0.889. The van der Waals surface area contributed by atoms with E-state index in [-0.39, 0.29) is 0 Å². The molecule has 3 nitrogen and oxygen atoms in total. The van der Waals surface area contributed by atoms with Crippen LogP contribution < -0.4 is 4.90 Å². The number of anilines is 1. The molecule has 0 aromatic heterocycles. The molecule has 96 valence electrons. The highest BCUT2D eigenvalue weighted by Gasteiger charge is 2.44. The Morgan fingerprint density at radius 1 is 1.44 bits per heavy atom. The van der Waals surface area contributed by atoms with Gasteiger partial charge in [-0.05, 0) is 42.9 Å². The molecule has 0 radical (unpaired) electrons. The molecular weight excluding hydrogens is 226 g/mol. The zero-order chi connectivity index (χ0) is 12.8. The van der Waals surface area contributed by atoms with Crippen molar-refractivity contribution in [1.29, 1.82) is 0 Å². The molecule has 1 N–H and O–H groups in total. The van der Waals surface area contributed by atoms with Crippen LogP contribution in [-0.4, -0.2) is 24.7 Å². The van der Waals surface area contributed by atoms with E-state index in [0.29, 0.717) is 6.42 Å². The number of rotatable bonds is 3. The number of carboxylic acid groups (broad SMARTS) is 1. The summed E-state index contributed by atoms with van der Waals surface area (Å²) < 4.78 is 0.